The summed E-state index contributed by atoms with van der Waals surface area (Å²) in [5.41, 5.74) is 5.20. The minimum atomic E-state index is -0.176. The fourth-order valence-corrected chi connectivity index (χ4v) is 3.14. The fraction of sp³-hybridized carbons (Fsp3) is 0.889. The zero-order valence-electron chi connectivity index (χ0n) is 14.9. The molecule has 0 unspecified atom stereocenters. The third-order valence-corrected chi connectivity index (χ3v) is 3.67. The van der Waals surface area contributed by atoms with E-state index in [1.54, 1.807) is 6.92 Å². The third kappa shape index (κ3) is 10.5. The standard InChI is InChI=1S/C9H18O.C8H17NO.CH4/c1-6(2)9(7(3)4)8(5)10;1-5(2)7(6(3)4)8(9)10;/h6-7,9H,1-5H3;5-7H,1-4H3,(H2,9,10);1H4. The second-order valence-corrected chi connectivity index (χ2v) is 7.04. The van der Waals surface area contributed by atoms with Crippen LogP contribution in [0.4, 0.5) is 0 Å². The third-order valence-electron chi connectivity index (χ3n) is 3.67. The van der Waals surface area contributed by atoms with Crippen LogP contribution in [0.3, 0.4) is 0 Å². The van der Waals surface area contributed by atoms with Crippen LogP contribution in [0.2, 0.25) is 0 Å². The molecule has 0 bridgehead atoms. The molecular weight excluding hydrogens is 262 g/mol. The lowest BCUT2D eigenvalue weighted by Crippen LogP contribution is -2.31. The lowest BCUT2D eigenvalue weighted by Gasteiger charge is -2.21. The summed E-state index contributed by atoms with van der Waals surface area (Å²) in [4.78, 5) is 21.8. The lowest BCUT2D eigenvalue weighted by atomic mass is 9.83. The molecule has 0 atom stereocenters. The quantitative estimate of drug-likeness (QED) is 0.783. The molecule has 0 aromatic carbocycles. The first-order valence-corrected chi connectivity index (χ1v) is 7.73. The van der Waals surface area contributed by atoms with Crippen LogP contribution in [0.25, 0.3) is 0 Å². The van der Waals surface area contributed by atoms with E-state index in [0.29, 0.717) is 29.5 Å². The molecule has 0 saturated carbocycles. The zero-order chi connectivity index (χ0) is 16.6. The van der Waals surface area contributed by atoms with Gasteiger partial charge < -0.3 is 5.73 Å². The smallest absolute Gasteiger partial charge is 0.221 e. The Hall–Kier alpha value is -0.860. The van der Waals surface area contributed by atoms with Crippen molar-refractivity contribution in [3.8, 4) is 0 Å². The number of carbonyl (C=O) groups excluding carboxylic acids is 2. The van der Waals surface area contributed by atoms with E-state index in [9.17, 15) is 9.59 Å². The number of Topliss-reactive ketones (excluding diaryl/α,β-unsaturated/α-hetero) is 1. The molecule has 0 aliphatic rings. The molecule has 0 fully saturated rings. The van der Waals surface area contributed by atoms with Gasteiger partial charge in [-0.25, -0.2) is 0 Å². The first-order valence-electron chi connectivity index (χ1n) is 7.73. The second-order valence-electron chi connectivity index (χ2n) is 7.04. The van der Waals surface area contributed by atoms with Crippen LogP contribution in [0.5, 0.6) is 0 Å². The summed E-state index contributed by atoms with van der Waals surface area (Å²) in [5.74, 6) is 2.11. The molecule has 21 heavy (non-hydrogen) atoms. The van der Waals surface area contributed by atoms with Crippen molar-refractivity contribution in [2.24, 2.45) is 41.2 Å². The largest absolute Gasteiger partial charge is 0.369 e. The number of amides is 1. The Morgan fingerprint density at radius 2 is 0.905 bits per heavy atom. The van der Waals surface area contributed by atoms with E-state index in [4.69, 9.17) is 5.73 Å². The van der Waals surface area contributed by atoms with E-state index >= 15 is 0 Å². The van der Waals surface area contributed by atoms with Gasteiger partial charge in [-0.2, -0.15) is 0 Å². The van der Waals surface area contributed by atoms with Gasteiger partial charge in [0.15, 0.2) is 0 Å². The van der Waals surface area contributed by atoms with E-state index < -0.39 is 0 Å². The number of primary amides is 1. The molecule has 0 spiro atoms. The minimum Gasteiger partial charge on any atom is -0.369 e. The average Bonchev–Trinajstić information content (AvgIpc) is 2.12. The van der Waals surface area contributed by atoms with E-state index in [0.717, 1.165) is 0 Å². The molecule has 1 amide bonds. The second kappa shape index (κ2) is 11.8. The molecule has 0 aliphatic heterocycles. The summed E-state index contributed by atoms with van der Waals surface area (Å²) in [6.45, 7) is 18.2. The highest BCUT2D eigenvalue weighted by Gasteiger charge is 2.22. The van der Waals surface area contributed by atoms with Crippen molar-refractivity contribution in [1.82, 2.24) is 0 Å². The van der Waals surface area contributed by atoms with Gasteiger partial charge in [-0.3, -0.25) is 9.59 Å². The molecule has 3 nitrogen and oxygen atoms in total. The molecular formula is C18H39NO2. The number of hydrogen-bond acceptors (Lipinski definition) is 2. The first-order chi connectivity index (χ1) is 8.93. The Morgan fingerprint density at radius 1 is 0.667 bits per heavy atom. The first kappa shape index (κ1) is 25.1. The minimum absolute atomic E-state index is 0. The summed E-state index contributed by atoms with van der Waals surface area (Å²) in [5, 5.41) is 0. The van der Waals surface area contributed by atoms with Crippen LogP contribution in [0, 0.1) is 35.5 Å². The van der Waals surface area contributed by atoms with Gasteiger partial charge >= 0.3 is 0 Å². The van der Waals surface area contributed by atoms with E-state index in [1.165, 1.54) is 0 Å². The maximum Gasteiger partial charge on any atom is 0.221 e. The van der Waals surface area contributed by atoms with Crippen molar-refractivity contribution >= 4 is 11.7 Å². The molecule has 0 saturated heterocycles. The van der Waals surface area contributed by atoms with Crippen molar-refractivity contribution in [2.75, 3.05) is 0 Å². The van der Waals surface area contributed by atoms with Gasteiger partial charge in [0, 0.05) is 11.8 Å². The number of nitrogens with two attached hydrogens (primary N) is 1. The highest BCUT2D eigenvalue weighted by atomic mass is 16.1. The number of carbonyl (C=O) groups is 2. The Bertz CT molecular complexity index is 248. The van der Waals surface area contributed by atoms with Crippen LogP contribution < -0.4 is 5.73 Å². The molecule has 0 rings (SSSR count). The highest BCUT2D eigenvalue weighted by molar-refractivity contribution is 5.78. The maximum atomic E-state index is 11.0. The van der Waals surface area contributed by atoms with Gasteiger partial charge in [0.2, 0.25) is 5.91 Å². The molecule has 0 radical (unpaired) electrons. The zero-order valence-corrected chi connectivity index (χ0v) is 14.9. The monoisotopic (exact) mass is 301 g/mol. The lowest BCUT2D eigenvalue weighted by molar-refractivity contribution is -0.125. The van der Waals surface area contributed by atoms with E-state index in [2.05, 4.69) is 27.7 Å². The Labute approximate surface area is 133 Å². The van der Waals surface area contributed by atoms with Gasteiger partial charge in [-0.1, -0.05) is 62.8 Å². The van der Waals surface area contributed by atoms with Gasteiger partial charge in [0.05, 0.1) is 0 Å². The molecule has 0 heterocycles. The predicted molar refractivity (Wildman–Crippen MR) is 92.9 cm³/mol. The van der Waals surface area contributed by atoms with Crippen LogP contribution in [-0.4, -0.2) is 11.7 Å². The predicted octanol–water partition coefficient (Wildman–Crippen LogP) is 4.54. The number of hydrogen-bond donors (Lipinski definition) is 1. The Balaban J connectivity index is -0.000000295. The van der Waals surface area contributed by atoms with E-state index in [-0.39, 0.29) is 25.2 Å². The molecule has 0 aromatic rings. The molecule has 2 N–H and O–H groups in total. The number of ketones is 1. The van der Waals surface area contributed by atoms with Crippen LogP contribution in [0.1, 0.15) is 69.7 Å². The molecule has 3 heteroatoms. The Morgan fingerprint density at radius 3 is 0.905 bits per heavy atom. The van der Waals surface area contributed by atoms with Gasteiger partial charge in [0.25, 0.3) is 0 Å². The van der Waals surface area contributed by atoms with E-state index in [1.807, 2.05) is 27.7 Å². The SMILES string of the molecule is C.CC(=O)C(C(C)C)C(C)C.CC(C)C(C(N)=O)C(C)C. The molecule has 0 aliphatic carbocycles. The van der Waals surface area contributed by atoms with Crippen molar-refractivity contribution in [3.05, 3.63) is 0 Å². The van der Waals surface area contributed by atoms with Gasteiger partial charge in [0.1, 0.15) is 5.78 Å². The summed E-state index contributed by atoms with van der Waals surface area (Å²) in [7, 11) is 0. The highest BCUT2D eigenvalue weighted by Crippen LogP contribution is 2.21. The van der Waals surface area contributed by atoms with Crippen molar-refractivity contribution < 1.29 is 9.59 Å². The van der Waals surface area contributed by atoms with Crippen molar-refractivity contribution in [2.45, 2.75) is 69.7 Å². The Kier molecular flexibility index (Phi) is 14.1. The maximum absolute atomic E-state index is 11.0. The van der Waals surface area contributed by atoms with Crippen molar-refractivity contribution in [3.63, 3.8) is 0 Å². The van der Waals surface area contributed by atoms with Crippen LogP contribution in [-0.2, 0) is 9.59 Å². The van der Waals surface area contributed by atoms with Gasteiger partial charge in [-0.05, 0) is 30.6 Å². The van der Waals surface area contributed by atoms with Crippen LogP contribution >= 0.6 is 0 Å². The normalized spacial score (nSPS) is 11.0. The topological polar surface area (TPSA) is 60.2 Å². The molecule has 0 aromatic heterocycles. The summed E-state index contributed by atoms with van der Waals surface area (Å²) in [6, 6.07) is 0. The van der Waals surface area contributed by atoms with Crippen molar-refractivity contribution in [1.29, 1.82) is 0 Å². The average molecular weight is 302 g/mol. The van der Waals surface area contributed by atoms with Gasteiger partial charge in [-0.15, -0.1) is 0 Å². The fourth-order valence-electron chi connectivity index (χ4n) is 3.14. The number of rotatable bonds is 6. The molecule has 128 valence electrons. The summed E-state index contributed by atoms with van der Waals surface area (Å²) in [6.07, 6.45) is 0. The summed E-state index contributed by atoms with van der Waals surface area (Å²) < 4.78 is 0. The summed E-state index contributed by atoms with van der Waals surface area (Å²) >= 11 is 0. The van der Waals surface area contributed by atoms with Crippen LogP contribution in [0.15, 0.2) is 0 Å².